The van der Waals surface area contributed by atoms with Gasteiger partial charge in [-0.05, 0) is 60.1 Å². The number of carbonyl (C=O) groups excluding carboxylic acids is 2. The first-order valence-corrected chi connectivity index (χ1v) is 13.3. The highest BCUT2D eigenvalue weighted by molar-refractivity contribution is 6.30. The van der Waals surface area contributed by atoms with E-state index in [0.717, 1.165) is 5.56 Å². The second-order valence-electron chi connectivity index (χ2n) is 10.5. The summed E-state index contributed by atoms with van der Waals surface area (Å²) < 4.78 is 44.9. The molecule has 2 saturated carbocycles. The van der Waals surface area contributed by atoms with E-state index >= 15 is 0 Å². The lowest BCUT2D eigenvalue weighted by Crippen LogP contribution is -2.51. The van der Waals surface area contributed by atoms with Crippen molar-refractivity contribution in [2.75, 3.05) is 38.0 Å². The molecule has 0 radical (unpaired) electrons. The number of alkyl halides is 2. The van der Waals surface area contributed by atoms with Crippen molar-refractivity contribution in [3.63, 3.8) is 0 Å². The molecule has 2 heterocycles. The topological polar surface area (TPSA) is 90.5 Å². The number of hydrogen-bond donors (Lipinski definition) is 2. The van der Waals surface area contributed by atoms with Crippen molar-refractivity contribution < 1.29 is 21.1 Å². The van der Waals surface area contributed by atoms with E-state index in [9.17, 15) is 18.4 Å². The quantitative estimate of drug-likeness (QED) is 0.522. The zero-order valence-corrected chi connectivity index (χ0v) is 21.8. The molecule has 3 fully saturated rings. The standard InChI is InChI=1S/C27H33ClF2N6O2/c28-21-1-2-23(31-15-19-3-8-33-34-16-19)20(13-21)18-35-9-11-36(12-10-35)24(37)17-32-25(38)22-14-26(22)4-6-27(29,30)7-5-26/h1-3,8,13,16,22,31H,4-7,9-12,14-15,17-18H2,(H,32,38)/i18D2. The third-order valence-corrected chi connectivity index (χ3v) is 8.15. The minimum absolute atomic E-state index is 0.152. The van der Waals surface area contributed by atoms with Gasteiger partial charge in [0.25, 0.3) is 0 Å². The van der Waals surface area contributed by atoms with Crippen LogP contribution in [0.4, 0.5) is 14.5 Å². The number of hydrogen-bond acceptors (Lipinski definition) is 6. The summed E-state index contributed by atoms with van der Waals surface area (Å²) in [7, 11) is 0. The third-order valence-electron chi connectivity index (χ3n) is 7.92. The Bertz CT molecular complexity index is 1240. The molecule has 2 aromatic rings. The molecule has 1 unspecified atom stereocenters. The van der Waals surface area contributed by atoms with Crippen molar-refractivity contribution >= 4 is 29.1 Å². The number of aromatic nitrogens is 2. The zero-order chi connectivity index (χ0) is 28.5. The van der Waals surface area contributed by atoms with Crippen LogP contribution in [0.5, 0.6) is 0 Å². The fourth-order valence-electron chi connectivity index (χ4n) is 5.40. The van der Waals surface area contributed by atoms with Crippen LogP contribution in [0.1, 0.15) is 46.0 Å². The molecular formula is C27H33ClF2N6O2. The van der Waals surface area contributed by atoms with Gasteiger partial charge in [-0.25, -0.2) is 8.78 Å². The van der Waals surface area contributed by atoms with Crippen LogP contribution in [0.25, 0.3) is 0 Å². The third kappa shape index (κ3) is 6.40. The minimum atomic E-state index is -2.63. The number of benzene rings is 1. The van der Waals surface area contributed by atoms with E-state index < -0.39 is 12.4 Å². The molecule has 8 nitrogen and oxygen atoms in total. The molecule has 3 aliphatic rings. The lowest BCUT2D eigenvalue weighted by atomic mass is 9.82. The molecule has 2 aliphatic carbocycles. The van der Waals surface area contributed by atoms with Crippen LogP contribution < -0.4 is 10.6 Å². The van der Waals surface area contributed by atoms with E-state index in [-0.39, 0.29) is 42.5 Å². The van der Waals surface area contributed by atoms with Gasteiger partial charge < -0.3 is 15.5 Å². The largest absolute Gasteiger partial charge is 0.381 e. The summed E-state index contributed by atoms with van der Waals surface area (Å²) in [4.78, 5) is 28.7. The second kappa shape index (κ2) is 11.1. The predicted molar refractivity (Wildman–Crippen MR) is 140 cm³/mol. The van der Waals surface area contributed by atoms with Crippen LogP contribution in [0, 0.1) is 11.3 Å². The van der Waals surface area contributed by atoms with Gasteiger partial charge in [-0.2, -0.15) is 10.2 Å². The molecule has 1 aromatic carbocycles. The number of amides is 2. The van der Waals surface area contributed by atoms with Gasteiger partial charge >= 0.3 is 0 Å². The molecule has 1 atom stereocenters. The van der Waals surface area contributed by atoms with Gasteiger partial charge in [0.1, 0.15) is 0 Å². The Hall–Kier alpha value is -2.85. The molecule has 2 amide bonds. The SMILES string of the molecule is [2H]C([2H])(c1cc(Cl)ccc1NCc1ccnnc1)N1CCN(C(=O)CNC(=O)C2CC23CCC(F)(F)CC3)CC1. The highest BCUT2D eigenvalue weighted by Crippen LogP contribution is 2.63. The van der Waals surface area contributed by atoms with Crippen molar-refractivity contribution in [2.45, 2.75) is 51.1 Å². The molecule has 0 bridgehead atoms. The van der Waals surface area contributed by atoms with Crippen LogP contribution in [0.15, 0.2) is 36.7 Å². The summed E-state index contributed by atoms with van der Waals surface area (Å²) in [5.41, 5.74) is 1.57. The van der Waals surface area contributed by atoms with Crippen LogP contribution in [-0.2, 0) is 22.6 Å². The fraction of sp³-hybridized carbons (Fsp3) is 0.556. The van der Waals surface area contributed by atoms with E-state index in [1.807, 2.05) is 6.07 Å². The summed E-state index contributed by atoms with van der Waals surface area (Å²) in [6, 6.07) is 6.88. The maximum absolute atomic E-state index is 13.5. The molecule has 1 spiro atoms. The first-order valence-electron chi connectivity index (χ1n) is 14.0. The van der Waals surface area contributed by atoms with Gasteiger partial charge in [0, 0.05) is 77.6 Å². The normalized spacial score (nSPS) is 23.3. The Morgan fingerprint density at radius 3 is 2.58 bits per heavy atom. The average Bonchev–Trinajstić information content (AvgIpc) is 3.67. The number of carbonyl (C=O) groups is 2. The smallest absolute Gasteiger partial charge is 0.248 e. The maximum atomic E-state index is 13.5. The van der Waals surface area contributed by atoms with Crippen molar-refractivity contribution in [1.29, 1.82) is 0 Å². The summed E-state index contributed by atoms with van der Waals surface area (Å²) in [5, 5.41) is 14.0. The monoisotopic (exact) mass is 548 g/mol. The lowest BCUT2D eigenvalue weighted by molar-refractivity contribution is -0.135. The Labute approximate surface area is 228 Å². The van der Waals surface area contributed by atoms with Gasteiger partial charge in [-0.1, -0.05) is 11.6 Å². The molecule has 11 heteroatoms. The van der Waals surface area contributed by atoms with E-state index in [1.54, 1.807) is 40.4 Å². The predicted octanol–water partition coefficient (Wildman–Crippen LogP) is 3.72. The minimum Gasteiger partial charge on any atom is -0.381 e. The zero-order valence-electron chi connectivity index (χ0n) is 23.1. The van der Waals surface area contributed by atoms with Gasteiger partial charge in [0.05, 0.1) is 12.7 Å². The van der Waals surface area contributed by atoms with Crippen molar-refractivity contribution in [2.24, 2.45) is 11.3 Å². The van der Waals surface area contributed by atoms with Crippen LogP contribution in [0.2, 0.25) is 5.02 Å². The Balaban J connectivity index is 1.13. The van der Waals surface area contributed by atoms with E-state index in [1.165, 1.54) is 0 Å². The Morgan fingerprint density at radius 2 is 1.87 bits per heavy atom. The lowest BCUT2D eigenvalue weighted by Gasteiger charge is -2.35. The molecule has 1 saturated heterocycles. The highest BCUT2D eigenvalue weighted by Gasteiger charge is 2.60. The van der Waals surface area contributed by atoms with E-state index in [4.69, 9.17) is 14.3 Å². The number of rotatable bonds is 8. The van der Waals surface area contributed by atoms with Crippen molar-refractivity contribution in [1.82, 2.24) is 25.3 Å². The Morgan fingerprint density at radius 1 is 1.11 bits per heavy atom. The van der Waals surface area contributed by atoms with Crippen molar-refractivity contribution in [3.05, 3.63) is 52.8 Å². The first-order chi connectivity index (χ1) is 19.0. The van der Waals surface area contributed by atoms with Crippen molar-refractivity contribution in [3.8, 4) is 0 Å². The summed E-state index contributed by atoms with van der Waals surface area (Å²) in [5.74, 6) is -3.41. The van der Waals surface area contributed by atoms with Gasteiger partial charge in [-0.15, -0.1) is 0 Å². The van der Waals surface area contributed by atoms with E-state index in [0.29, 0.717) is 68.3 Å². The number of anilines is 1. The summed E-state index contributed by atoms with van der Waals surface area (Å²) in [6.07, 6.45) is 4.17. The Kier molecular flexibility index (Phi) is 7.07. The summed E-state index contributed by atoms with van der Waals surface area (Å²) >= 11 is 6.24. The number of piperazine rings is 1. The molecule has 2 N–H and O–H groups in total. The number of halogens is 3. The number of nitrogens with one attached hydrogen (secondary N) is 2. The van der Waals surface area contributed by atoms with Crippen LogP contribution >= 0.6 is 11.6 Å². The molecule has 1 aliphatic heterocycles. The molecule has 5 rings (SSSR count). The first kappa shape index (κ1) is 24.2. The fourth-order valence-corrected chi connectivity index (χ4v) is 5.58. The second-order valence-corrected chi connectivity index (χ2v) is 10.9. The van der Waals surface area contributed by atoms with E-state index in [2.05, 4.69) is 20.8 Å². The van der Waals surface area contributed by atoms with Crippen LogP contribution in [-0.4, -0.2) is 70.5 Å². The maximum Gasteiger partial charge on any atom is 0.248 e. The highest BCUT2D eigenvalue weighted by atomic mass is 35.5. The van der Waals surface area contributed by atoms with Crippen LogP contribution in [0.3, 0.4) is 0 Å². The van der Waals surface area contributed by atoms with Gasteiger partial charge in [0.15, 0.2) is 0 Å². The molecular weight excluding hydrogens is 514 g/mol. The summed E-state index contributed by atoms with van der Waals surface area (Å²) in [6.45, 7) is -0.362. The molecule has 204 valence electrons. The average molecular weight is 549 g/mol. The molecule has 1 aromatic heterocycles. The molecule has 38 heavy (non-hydrogen) atoms. The van der Waals surface area contributed by atoms with Gasteiger partial charge in [-0.3, -0.25) is 14.5 Å². The van der Waals surface area contributed by atoms with Gasteiger partial charge in [0.2, 0.25) is 17.7 Å². The number of nitrogens with zero attached hydrogens (tertiary/aromatic N) is 4.